The molecule has 0 aromatic carbocycles. The van der Waals surface area contributed by atoms with Gasteiger partial charge in [-0.2, -0.15) is 16.7 Å². The SMILES string of the molecule is COc1ccc(Cc2noc(C3CSCC3=O)n2)cn1. The highest BCUT2D eigenvalue weighted by Crippen LogP contribution is 2.28. The van der Waals surface area contributed by atoms with Crippen LogP contribution >= 0.6 is 11.8 Å². The number of aromatic nitrogens is 3. The van der Waals surface area contributed by atoms with Crippen LogP contribution in [0, 0.1) is 0 Å². The number of carbonyl (C=O) groups excluding carboxylic acids is 1. The number of Topliss-reactive ketones (excluding diaryl/α,β-unsaturated/α-hetero) is 1. The van der Waals surface area contributed by atoms with Gasteiger partial charge in [0.15, 0.2) is 11.6 Å². The second kappa shape index (κ2) is 5.62. The van der Waals surface area contributed by atoms with Crippen LogP contribution < -0.4 is 4.74 Å². The van der Waals surface area contributed by atoms with Crippen molar-refractivity contribution < 1.29 is 14.1 Å². The first-order valence-electron chi connectivity index (χ1n) is 6.18. The third-order valence-electron chi connectivity index (χ3n) is 3.07. The normalized spacial score (nSPS) is 18.4. The van der Waals surface area contributed by atoms with Crippen LogP contribution in [0.4, 0.5) is 0 Å². The summed E-state index contributed by atoms with van der Waals surface area (Å²) in [6.45, 7) is 0. The standard InChI is InChI=1S/C13H13N3O3S/c1-18-12-3-2-8(5-14-12)4-11-15-13(19-16-11)9-6-20-7-10(9)17/h2-3,5,9H,4,6-7H2,1H3. The molecule has 20 heavy (non-hydrogen) atoms. The lowest BCUT2D eigenvalue weighted by molar-refractivity contribution is -0.117. The minimum absolute atomic E-state index is 0.163. The third kappa shape index (κ3) is 2.67. The summed E-state index contributed by atoms with van der Waals surface area (Å²) in [6.07, 6.45) is 2.24. The summed E-state index contributed by atoms with van der Waals surface area (Å²) in [6, 6.07) is 3.69. The van der Waals surface area contributed by atoms with Crippen LogP contribution in [0.3, 0.4) is 0 Å². The van der Waals surface area contributed by atoms with Crippen molar-refractivity contribution in [3.8, 4) is 5.88 Å². The van der Waals surface area contributed by atoms with Gasteiger partial charge in [0.2, 0.25) is 11.8 Å². The number of hydrogen-bond acceptors (Lipinski definition) is 7. The maximum atomic E-state index is 11.6. The van der Waals surface area contributed by atoms with Gasteiger partial charge in [-0.1, -0.05) is 11.2 Å². The van der Waals surface area contributed by atoms with E-state index in [9.17, 15) is 4.79 Å². The van der Waals surface area contributed by atoms with E-state index < -0.39 is 0 Å². The van der Waals surface area contributed by atoms with Gasteiger partial charge in [0.05, 0.1) is 12.9 Å². The van der Waals surface area contributed by atoms with E-state index >= 15 is 0 Å². The Bertz CT molecular complexity index is 612. The molecule has 7 heteroatoms. The van der Waals surface area contributed by atoms with Gasteiger partial charge in [-0.25, -0.2) is 4.98 Å². The molecule has 0 aliphatic carbocycles. The monoisotopic (exact) mass is 291 g/mol. The van der Waals surface area contributed by atoms with Crippen molar-refractivity contribution in [1.82, 2.24) is 15.1 Å². The lowest BCUT2D eigenvalue weighted by Crippen LogP contribution is -2.09. The van der Waals surface area contributed by atoms with Gasteiger partial charge >= 0.3 is 0 Å². The van der Waals surface area contributed by atoms with E-state index in [1.165, 1.54) is 0 Å². The molecular formula is C13H13N3O3S. The Balaban J connectivity index is 1.71. The fourth-order valence-electron chi connectivity index (χ4n) is 1.98. The van der Waals surface area contributed by atoms with E-state index in [-0.39, 0.29) is 11.7 Å². The summed E-state index contributed by atoms with van der Waals surface area (Å²) >= 11 is 1.60. The minimum Gasteiger partial charge on any atom is -0.481 e. The minimum atomic E-state index is -0.241. The fourth-order valence-corrected chi connectivity index (χ4v) is 3.06. The van der Waals surface area contributed by atoms with Crippen LogP contribution in [0.1, 0.15) is 23.2 Å². The predicted molar refractivity (Wildman–Crippen MR) is 73.0 cm³/mol. The Hall–Kier alpha value is -1.89. The smallest absolute Gasteiger partial charge is 0.238 e. The van der Waals surface area contributed by atoms with Crippen molar-refractivity contribution in [2.75, 3.05) is 18.6 Å². The van der Waals surface area contributed by atoms with Gasteiger partial charge in [0.1, 0.15) is 5.92 Å². The van der Waals surface area contributed by atoms with E-state index in [2.05, 4.69) is 15.1 Å². The van der Waals surface area contributed by atoms with Gasteiger partial charge in [0.25, 0.3) is 0 Å². The molecule has 1 aliphatic heterocycles. The first-order chi connectivity index (χ1) is 9.76. The lowest BCUT2D eigenvalue weighted by Gasteiger charge is -1.99. The molecule has 1 unspecified atom stereocenters. The molecule has 3 rings (SSSR count). The molecule has 1 fully saturated rings. The summed E-state index contributed by atoms with van der Waals surface area (Å²) in [5.41, 5.74) is 0.963. The Morgan fingerprint density at radius 1 is 1.50 bits per heavy atom. The van der Waals surface area contributed by atoms with Crippen molar-refractivity contribution in [3.05, 3.63) is 35.6 Å². The molecular weight excluding hydrogens is 278 g/mol. The second-order valence-corrected chi connectivity index (χ2v) is 5.50. The van der Waals surface area contributed by atoms with Crippen molar-refractivity contribution in [2.45, 2.75) is 12.3 Å². The number of nitrogens with zero attached hydrogens (tertiary/aromatic N) is 3. The Morgan fingerprint density at radius 3 is 3.05 bits per heavy atom. The zero-order valence-electron chi connectivity index (χ0n) is 10.9. The van der Waals surface area contributed by atoms with Crippen molar-refractivity contribution in [1.29, 1.82) is 0 Å². The van der Waals surface area contributed by atoms with E-state index in [1.807, 2.05) is 6.07 Å². The summed E-state index contributed by atoms with van der Waals surface area (Å²) < 4.78 is 10.2. The Morgan fingerprint density at radius 2 is 2.40 bits per heavy atom. The zero-order chi connectivity index (χ0) is 13.9. The summed E-state index contributed by atoms with van der Waals surface area (Å²) in [7, 11) is 1.57. The van der Waals surface area contributed by atoms with Crippen LogP contribution in [0.25, 0.3) is 0 Å². The van der Waals surface area contributed by atoms with Crippen LogP contribution in [0.2, 0.25) is 0 Å². The zero-order valence-corrected chi connectivity index (χ0v) is 11.7. The molecule has 2 aromatic heterocycles. The topological polar surface area (TPSA) is 78.1 Å². The maximum absolute atomic E-state index is 11.6. The molecule has 1 aliphatic rings. The molecule has 104 valence electrons. The molecule has 0 spiro atoms. The number of pyridine rings is 1. The van der Waals surface area contributed by atoms with Gasteiger partial charge in [-0.15, -0.1) is 0 Å². The number of hydrogen-bond donors (Lipinski definition) is 0. The van der Waals surface area contributed by atoms with E-state index in [4.69, 9.17) is 9.26 Å². The maximum Gasteiger partial charge on any atom is 0.238 e. The molecule has 2 aromatic rings. The van der Waals surface area contributed by atoms with E-state index in [1.54, 1.807) is 31.1 Å². The molecule has 6 nitrogen and oxygen atoms in total. The molecule has 0 saturated carbocycles. The molecule has 1 saturated heterocycles. The largest absolute Gasteiger partial charge is 0.481 e. The molecule has 0 bridgehead atoms. The van der Waals surface area contributed by atoms with E-state index in [0.717, 1.165) is 11.3 Å². The number of rotatable bonds is 4. The van der Waals surface area contributed by atoms with Gasteiger partial charge in [-0.05, 0) is 5.56 Å². The highest BCUT2D eigenvalue weighted by molar-refractivity contribution is 8.00. The number of ether oxygens (including phenoxy) is 1. The first-order valence-corrected chi connectivity index (χ1v) is 7.33. The molecule has 0 radical (unpaired) electrons. The van der Waals surface area contributed by atoms with Gasteiger partial charge in [-0.3, -0.25) is 4.79 Å². The number of thioether (sulfide) groups is 1. The van der Waals surface area contributed by atoms with Crippen molar-refractivity contribution in [2.24, 2.45) is 0 Å². The van der Waals surface area contributed by atoms with Crippen LogP contribution in [-0.2, 0) is 11.2 Å². The van der Waals surface area contributed by atoms with Crippen LogP contribution in [0.5, 0.6) is 5.88 Å². The Labute approximate surface area is 119 Å². The van der Waals surface area contributed by atoms with Crippen LogP contribution in [0.15, 0.2) is 22.9 Å². The van der Waals surface area contributed by atoms with Crippen LogP contribution in [-0.4, -0.2) is 39.5 Å². The Kier molecular flexibility index (Phi) is 3.68. The average molecular weight is 291 g/mol. The highest BCUT2D eigenvalue weighted by atomic mass is 32.2. The molecule has 1 atom stereocenters. The number of ketones is 1. The van der Waals surface area contributed by atoms with Gasteiger partial charge < -0.3 is 9.26 Å². The first kappa shape index (κ1) is 13.1. The second-order valence-electron chi connectivity index (χ2n) is 4.47. The number of methoxy groups -OCH3 is 1. The van der Waals surface area contributed by atoms with E-state index in [0.29, 0.717) is 29.8 Å². The fraction of sp³-hybridized carbons (Fsp3) is 0.385. The summed E-state index contributed by atoms with van der Waals surface area (Å²) in [5.74, 6) is 2.74. The van der Waals surface area contributed by atoms with Gasteiger partial charge in [0, 0.05) is 24.4 Å². The quantitative estimate of drug-likeness (QED) is 0.843. The summed E-state index contributed by atoms with van der Waals surface area (Å²) in [4.78, 5) is 20.1. The molecule has 0 amide bonds. The van der Waals surface area contributed by atoms with Crippen molar-refractivity contribution >= 4 is 17.5 Å². The van der Waals surface area contributed by atoms with Crippen molar-refractivity contribution in [3.63, 3.8) is 0 Å². The predicted octanol–water partition coefficient (Wildman–Crippen LogP) is 1.46. The average Bonchev–Trinajstić information content (AvgIpc) is 3.08. The summed E-state index contributed by atoms with van der Waals surface area (Å²) in [5, 5.41) is 3.93. The molecule has 3 heterocycles. The highest BCUT2D eigenvalue weighted by Gasteiger charge is 2.31. The molecule has 0 N–H and O–H groups in total. The number of carbonyl (C=O) groups is 1. The lowest BCUT2D eigenvalue weighted by atomic mass is 10.1. The third-order valence-corrected chi connectivity index (χ3v) is 4.13.